The number of hydrogen-bond acceptors (Lipinski definition) is 2. The van der Waals surface area contributed by atoms with Gasteiger partial charge in [-0.15, -0.1) is 0 Å². The molecular formula is C16H25NO. The molecule has 3 atom stereocenters. The van der Waals surface area contributed by atoms with E-state index in [4.69, 9.17) is 10.5 Å². The Morgan fingerprint density at radius 1 is 1.22 bits per heavy atom. The van der Waals surface area contributed by atoms with E-state index in [0.29, 0.717) is 5.92 Å². The zero-order valence-electron chi connectivity index (χ0n) is 12.0. The molecule has 3 unspecified atom stereocenters. The van der Waals surface area contributed by atoms with Crippen molar-refractivity contribution in [3.05, 3.63) is 28.8 Å². The molecule has 0 aliphatic heterocycles. The molecule has 2 heteroatoms. The van der Waals surface area contributed by atoms with Crippen LogP contribution < -0.4 is 10.5 Å². The van der Waals surface area contributed by atoms with E-state index in [1.54, 1.807) is 7.11 Å². The topological polar surface area (TPSA) is 35.2 Å². The van der Waals surface area contributed by atoms with Crippen molar-refractivity contribution in [1.29, 1.82) is 0 Å². The Kier molecular flexibility index (Phi) is 3.96. The highest BCUT2D eigenvalue weighted by Gasteiger charge is 2.30. The Bertz CT molecular complexity index is 427. The standard InChI is InChI=1S/C16H25NO/c1-10-5-6-14(17)13(8-10)16-12(3)7-11(2)9-15(16)18-4/h7,9-10,13-14H,5-6,8,17H2,1-4H3. The summed E-state index contributed by atoms with van der Waals surface area (Å²) in [5.74, 6) is 2.23. The predicted octanol–water partition coefficient (Wildman–Crippen LogP) is 3.54. The molecule has 0 heterocycles. The first kappa shape index (κ1) is 13.4. The minimum Gasteiger partial charge on any atom is -0.496 e. The second-order valence-electron chi connectivity index (χ2n) is 5.89. The molecule has 0 amide bonds. The fourth-order valence-electron chi connectivity index (χ4n) is 3.32. The van der Waals surface area contributed by atoms with E-state index in [2.05, 4.69) is 32.9 Å². The second kappa shape index (κ2) is 5.31. The van der Waals surface area contributed by atoms with Gasteiger partial charge in [0.05, 0.1) is 7.11 Å². The molecule has 2 N–H and O–H groups in total. The summed E-state index contributed by atoms with van der Waals surface area (Å²) < 4.78 is 5.59. The molecule has 0 radical (unpaired) electrons. The highest BCUT2D eigenvalue weighted by Crippen LogP contribution is 2.41. The molecule has 2 rings (SSSR count). The van der Waals surface area contributed by atoms with Crippen LogP contribution in [0.3, 0.4) is 0 Å². The maximum absolute atomic E-state index is 6.35. The Labute approximate surface area is 111 Å². The molecule has 1 aromatic carbocycles. The van der Waals surface area contributed by atoms with Gasteiger partial charge in [0.15, 0.2) is 0 Å². The molecule has 1 aromatic rings. The fraction of sp³-hybridized carbons (Fsp3) is 0.625. The van der Waals surface area contributed by atoms with Gasteiger partial charge in [0, 0.05) is 17.5 Å². The largest absolute Gasteiger partial charge is 0.496 e. The molecule has 1 saturated carbocycles. The van der Waals surface area contributed by atoms with Crippen molar-refractivity contribution in [1.82, 2.24) is 0 Å². The molecule has 0 bridgehead atoms. The van der Waals surface area contributed by atoms with Gasteiger partial charge in [-0.2, -0.15) is 0 Å². The average Bonchev–Trinajstić information content (AvgIpc) is 2.32. The Morgan fingerprint density at radius 3 is 2.61 bits per heavy atom. The van der Waals surface area contributed by atoms with Gasteiger partial charge in [-0.3, -0.25) is 0 Å². The van der Waals surface area contributed by atoms with Gasteiger partial charge in [-0.1, -0.05) is 13.0 Å². The third-order valence-corrected chi connectivity index (χ3v) is 4.25. The summed E-state index contributed by atoms with van der Waals surface area (Å²) in [7, 11) is 1.76. The molecule has 1 fully saturated rings. The van der Waals surface area contributed by atoms with E-state index >= 15 is 0 Å². The highest BCUT2D eigenvalue weighted by molar-refractivity contribution is 5.46. The predicted molar refractivity (Wildman–Crippen MR) is 76.2 cm³/mol. The van der Waals surface area contributed by atoms with Crippen molar-refractivity contribution in [3.8, 4) is 5.75 Å². The number of hydrogen-bond donors (Lipinski definition) is 1. The Hall–Kier alpha value is -1.02. The number of rotatable bonds is 2. The molecule has 0 spiro atoms. The molecule has 1 aliphatic rings. The lowest BCUT2D eigenvalue weighted by atomic mass is 9.74. The second-order valence-corrected chi connectivity index (χ2v) is 5.89. The summed E-state index contributed by atoms with van der Waals surface area (Å²) in [4.78, 5) is 0. The molecule has 0 saturated heterocycles. The summed E-state index contributed by atoms with van der Waals surface area (Å²) in [6.45, 7) is 6.62. The van der Waals surface area contributed by atoms with Gasteiger partial charge in [0.1, 0.15) is 5.75 Å². The van der Waals surface area contributed by atoms with E-state index < -0.39 is 0 Å². The number of benzene rings is 1. The third kappa shape index (κ3) is 2.54. The first-order chi connectivity index (χ1) is 8.52. The summed E-state index contributed by atoms with van der Waals surface area (Å²) in [6.07, 6.45) is 3.56. The van der Waals surface area contributed by atoms with Crippen molar-refractivity contribution in [3.63, 3.8) is 0 Å². The maximum atomic E-state index is 6.35. The van der Waals surface area contributed by atoms with Gasteiger partial charge in [-0.05, 0) is 56.2 Å². The Balaban J connectivity index is 2.42. The Morgan fingerprint density at radius 2 is 1.94 bits per heavy atom. The van der Waals surface area contributed by atoms with Crippen LogP contribution in [0.25, 0.3) is 0 Å². The van der Waals surface area contributed by atoms with Crippen LogP contribution in [0.1, 0.15) is 48.8 Å². The molecule has 0 aromatic heterocycles. The van der Waals surface area contributed by atoms with Crippen molar-refractivity contribution in [2.24, 2.45) is 11.7 Å². The van der Waals surface area contributed by atoms with Crippen molar-refractivity contribution in [2.75, 3.05) is 7.11 Å². The summed E-state index contributed by atoms with van der Waals surface area (Å²) in [6, 6.07) is 4.65. The van der Waals surface area contributed by atoms with E-state index in [1.807, 2.05) is 0 Å². The maximum Gasteiger partial charge on any atom is 0.122 e. The lowest BCUT2D eigenvalue weighted by Crippen LogP contribution is -2.34. The van der Waals surface area contributed by atoms with Gasteiger partial charge >= 0.3 is 0 Å². The molecule has 18 heavy (non-hydrogen) atoms. The quantitative estimate of drug-likeness (QED) is 0.867. The smallest absolute Gasteiger partial charge is 0.122 e. The zero-order valence-corrected chi connectivity index (χ0v) is 12.0. The lowest BCUT2D eigenvalue weighted by molar-refractivity contribution is 0.297. The summed E-state index contributed by atoms with van der Waals surface area (Å²) in [5, 5.41) is 0. The number of methoxy groups -OCH3 is 1. The van der Waals surface area contributed by atoms with Crippen molar-refractivity contribution < 1.29 is 4.74 Å². The van der Waals surface area contributed by atoms with Crippen LogP contribution in [-0.4, -0.2) is 13.2 Å². The zero-order chi connectivity index (χ0) is 13.3. The first-order valence-corrected chi connectivity index (χ1v) is 6.93. The van der Waals surface area contributed by atoms with E-state index in [0.717, 1.165) is 18.1 Å². The normalized spacial score (nSPS) is 28.2. The van der Waals surface area contributed by atoms with Gasteiger partial charge in [0.2, 0.25) is 0 Å². The van der Waals surface area contributed by atoms with Gasteiger partial charge in [-0.25, -0.2) is 0 Å². The average molecular weight is 247 g/mol. The van der Waals surface area contributed by atoms with Crippen LogP contribution in [-0.2, 0) is 0 Å². The lowest BCUT2D eigenvalue weighted by Gasteiger charge is -2.34. The van der Waals surface area contributed by atoms with Crippen molar-refractivity contribution in [2.45, 2.75) is 52.0 Å². The highest BCUT2D eigenvalue weighted by atomic mass is 16.5. The minimum atomic E-state index is 0.275. The minimum absolute atomic E-state index is 0.275. The van der Waals surface area contributed by atoms with Crippen LogP contribution >= 0.6 is 0 Å². The fourth-order valence-corrected chi connectivity index (χ4v) is 3.32. The van der Waals surface area contributed by atoms with Crippen LogP contribution in [0, 0.1) is 19.8 Å². The third-order valence-electron chi connectivity index (χ3n) is 4.25. The van der Waals surface area contributed by atoms with E-state index in [9.17, 15) is 0 Å². The van der Waals surface area contributed by atoms with E-state index in [-0.39, 0.29) is 6.04 Å². The van der Waals surface area contributed by atoms with Gasteiger partial charge in [0.25, 0.3) is 0 Å². The van der Waals surface area contributed by atoms with Gasteiger partial charge < -0.3 is 10.5 Å². The van der Waals surface area contributed by atoms with Crippen LogP contribution in [0.15, 0.2) is 12.1 Å². The molecule has 2 nitrogen and oxygen atoms in total. The number of ether oxygens (including phenoxy) is 1. The first-order valence-electron chi connectivity index (χ1n) is 6.93. The van der Waals surface area contributed by atoms with Crippen molar-refractivity contribution >= 4 is 0 Å². The molecule has 1 aliphatic carbocycles. The SMILES string of the molecule is COc1cc(C)cc(C)c1C1CC(C)CCC1N. The molecule has 100 valence electrons. The summed E-state index contributed by atoms with van der Waals surface area (Å²) in [5.41, 5.74) is 10.3. The van der Waals surface area contributed by atoms with Crippen LogP contribution in [0.4, 0.5) is 0 Å². The van der Waals surface area contributed by atoms with Crippen LogP contribution in [0.5, 0.6) is 5.75 Å². The summed E-state index contributed by atoms with van der Waals surface area (Å²) >= 11 is 0. The van der Waals surface area contributed by atoms with E-state index in [1.165, 1.54) is 29.5 Å². The molecular weight excluding hydrogens is 222 g/mol. The number of aryl methyl sites for hydroxylation is 2. The monoisotopic (exact) mass is 247 g/mol. The van der Waals surface area contributed by atoms with Crippen LogP contribution in [0.2, 0.25) is 0 Å². The number of nitrogens with two attached hydrogens (primary N) is 1.